The van der Waals surface area contributed by atoms with Gasteiger partial charge >= 0.3 is 0 Å². The lowest BCUT2D eigenvalue weighted by Crippen LogP contribution is -2.11. The Morgan fingerprint density at radius 3 is 2.73 bits per heavy atom. The molecule has 0 aliphatic carbocycles. The molecule has 1 rings (SSSR count). The maximum Gasteiger partial charge on any atom is 0.0411 e. The molecule has 1 aromatic rings. The Bertz CT molecular complexity index is 361. The number of aryl methyl sites for hydroxylation is 1. The second-order valence-electron chi connectivity index (χ2n) is 3.78. The number of benzene rings is 1. The van der Waals surface area contributed by atoms with E-state index in [1.807, 2.05) is 14.1 Å². The quantitative estimate of drug-likeness (QED) is 0.596. The minimum Gasteiger partial charge on any atom is -0.384 e. The highest BCUT2D eigenvalue weighted by atomic mass is 15.1. The molecule has 0 bridgehead atoms. The van der Waals surface area contributed by atoms with Crippen LogP contribution < -0.4 is 10.2 Å². The molecule has 80 valence electrons. The summed E-state index contributed by atoms with van der Waals surface area (Å²) in [4.78, 5) is 2.11. The van der Waals surface area contributed by atoms with E-state index in [1.54, 1.807) is 0 Å². The van der Waals surface area contributed by atoms with Crippen LogP contribution in [0.3, 0.4) is 0 Å². The maximum atomic E-state index is 5.20. The van der Waals surface area contributed by atoms with Gasteiger partial charge in [0.2, 0.25) is 0 Å². The van der Waals surface area contributed by atoms with Crippen molar-refractivity contribution in [3.8, 4) is 12.3 Å². The first-order chi connectivity index (χ1) is 7.15. The van der Waals surface area contributed by atoms with Gasteiger partial charge < -0.3 is 10.2 Å². The maximum absolute atomic E-state index is 5.20. The van der Waals surface area contributed by atoms with Gasteiger partial charge in [0.25, 0.3) is 0 Å². The van der Waals surface area contributed by atoms with Gasteiger partial charge in [-0.3, -0.25) is 0 Å². The summed E-state index contributed by atoms with van der Waals surface area (Å²) >= 11 is 0. The Balaban J connectivity index is 2.75. The van der Waals surface area contributed by atoms with Crippen molar-refractivity contribution < 1.29 is 0 Å². The lowest BCUT2D eigenvalue weighted by atomic mass is 10.1. The number of nitrogens with zero attached hydrogens (tertiary/aromatic N) is 1. The van der Waals surface area contributed by atoms with Crippen LogP contribution in [0, 0.1) is 19.3 Å². The molecule has 0 heterocycles. The summed E-state index contributed by atoms with van der Waals surface area (Å²) in [5.74, 6) is 2.61. The predicted molar refractivity (Wildman–Crippen MR) is 67.4 cm³/mol. The zero-order chi connectivity index (χ0) is 11.3. The smallest absolute Gasteiger partial charge is 0.0411 e. The van der Waals surface area contributed by atoms with Crippen LogP contribution in [0.2, 0.25) is 0 Å². The summed E-state index contributed by atoms with van der Waals surface area (Å²) in [5, 5.41) is 3.30. The van der Waals surface area contributed by atoms with Crippen molar-refractivity contribution in [3.05, 3.63) is 23.8 Å². The van der Waals surface area contributed by atoms with Gasteiger partial charge in [-0.1, -0.05) is 6.07 Å². The summed E-state index contributed by atoms with van der Waals surface area (Å²) in [6.45, 7) is 2.94. The molecule has 0 spiro atoms. The third-order valence-electron chi connectivity index (χ3n) is 2.29. The van der Waals surface area contributed by atoms with E-state index in [1.165, 1.54) is 11.3 Å². The second kappa shape index (κ2) is 5.31. The van der Waals surface area contributed by atoms with Crippen LogP contribution in [0.25, 0.3) is 0 Å². The molecule has 0 unspecified atom stereocenters. The Kier molecular flexibility index (Phi) is 4.05. The monoisotopic (exact) mass is 202 g/mol. The van der Waals surface area contributed by atoms with Gasteiger partial charge in [-0.2, -0.15) is 0 Å². The lowest BCUT2D eigenvalue weighted by Gasteiger charge is -2.17. The third kappa shape index (κ3) is 3.21. The molecule has 0 saturated carbocycles. The van der Waals surface area contributed by atoms with Crippen molar-refractivity contribution in [1.82, 2.24) is 0 Å². The highest BCUT2D eigenvalue weighted by Gasteiger charge is 2.01. The van der Waals surface area contributed by atoms with Gasteiger partial charge in [0, 0.05) is 38.4 Å². The molecule has 1 aromatic carbocycles. The highest BCUT2D eigenvalue weighted by Crippen LogP contribution is 2.22. The molecule has 0 fully saturated rings. The molecule has 2 nitrogen and oxygen atoms in total. The van der Waals surface area contributed by atoms with Crippen molar-refractivity contribution >= 4 is 11.4 Å². The molecular weight excluding hydrogens is 184 g/mol. The van der Waals surface area contributed by atoms with Crippen molar-refractivity contribution in [2.24, 2.45) is 0 Å². The molecule has 0 aliphatic rings. The third-order valence-corrected chi connectivity index (χ3v) is 2.29. The number of rotatable bonds is 4. The Labute approximate surface area is 92.3 Å². The number of hydrogen-bond donors (Lipinski definition) is 1. The molecule has 2 heteroatoms. The van der Waals surface area contributed by atoms with E-state index in [-0.39, 0.29) is 0 Å². The van der Waals surface area contributed by atoms with E-state index in [2.05, 4.69) is 41.3 Å². The van der Waals surface area contributed by atoms with E-state index in [4.69, 9.17) is 6.42 Å². The molecule has 0 aliphatic heterocycles. The van der Waals surface area contributed by atoms with Gasteiger partial charge in [0.05, 0.1) is 0 Å². The zero-order valence-electron chi connectivity index (χ0n) is 9.67. The SMILES string of the molecule is C#CCCNc1ccc(C)c(N(C)C)c1. The van der Waals surface area contributed by atoms with Gasteiger partial charge in [-0.05, 0) is 24.6 Å². The summed E-state index contributed by atoms with van der Waals surface area (Å²) in [6.07, 6.45) is 5.95. The van der Waals surface area contributed by atoms with E-state index < -0.39 is 0 Å². The van der Waals surface area contributed by atoms with E-state index in [0.717, 1.165) is 18.7 Å². The molecule has 0 amide bonds. The van der Waals surface area contributed by atoms with Crippen molar-refractivity contribution in [2.75, 3.05) is 30.9 Å². The van der Waals surface area contributed by atoms with Crippen molar-refractivity contribution in [1.29, 1.82) is 0 Å². The standard InChI is InChI=1S/C13H18N2/c1-5-6-9-14-12-8-7-11(2)13(10-12)15(3)4/h1,7-8,10,14H,6,9H2,2-4H3. The summed E-state index contributed by atoms with van der Waals surface area (Å²) in [7, 11) is 4.10. The number of anilines is 2. The van der Waals surface area contributed by atoms with Crippen LogP contribution in [0.1, 0.15) is 12.0 Å². The molecule has 1 N–H and O–H groups in total. The minimum absolute atomic E-state index is 0.755. The average Bonchev–Trinajstić information content (AvgIpc) is 2.20. The topological polar surface area (TPSA) is 15.3 Å². The summed E-state index contributed by atoms with van der Waals surface area (Å²) in [6, 6.07) is 6.35. The van der Waals surface area contributed by atoms with Crippen LogP contribution >= 0.6 is 0 Å². The fraction of sp³-hybridized carbons (Fsp3) is 0.385. The highest BCUT2D eigenvalue weighted by molar-refractivity contribution is 5.61. The van der Waals surface area contributed by atoms with Crippen LogP contribution in [-0.2, 0) is 0 Å². The minimum atomic E-state index is 0.755. The molecule has 0 saturated heterocycles. The summed E-state index contributed by atoms with van der Waals surface area (Å²) < 4.78 is 0. The van der Waals surface area contributed by atoms with E-state index >= 15 is 0 Å². The summed E-state index contributed by atoms with van der Waals surface area (Å²) in [5.41, 5.74) is 3.64. The number of hydrogen-bond acceptors (Lipinski definition) is 2. The Morgan fingerprint density at radius 2 is 2.13 bits per heavy atom. The van der Waals surface area contributed by atoms with Crippen molar-refractivity contribution in [3.63, 3.8) is 0 Å². The van der Waals surface area contributed by atoms with Crippen LogP contribution in [0.4, 0.5) is 11.4 Å². The van der Waals surface area contributed by atoms with E-state index in [9.17, 15) is 0 Å². The first-order valence-corrected chi connectivity index (χ1v) is 5.10. The normalized spacial score (nSPS) is 9.47. The van der Waals surface area contributed by atoms with Crippen LogP contribution in [0.5, 0.6) is 0 Å². The Morgan fingerprint density at radius 1 is 1.40 bits per heavy atom. The first-order valence-electron chi connectivity index (χ1n) is 5.10. The average molecular weight is 202 g/mol. The molecule has 0 radical (unpaired) electrons. The van der Waals surface area contributed by atoms with Crippen LogP contribution in [0.15, 0.2) is 18.2 Å². The predicted octanol–water partition coefficient (Wildman–Crippen LogP) is 2.50. The number of nitrogens with one attached hydrogen (secondary N) is 1. The lowest BCUT2D eigenvalue weighted by molar-refractivity contribution is 1.08. The van der Waals surface area contributed by atoms with Crippen molar-refractivity contribution in [2.45, 2.75) is 13.3 Å². The first kappa shape index (κ1) is 11.5. The van der Waals surface area contributed by atoms with Gasteiger partial charge in [-0.15, -0.1) is 12.3 Å². The molecule has 0 atom stereocenters. The largest absolute Gasteiger partial charge is 0.384 e. The molecule has 0 aromatic heterocycles. The molecule has 15 heavy (non-hydrogen) atoms. The van der Waals surface area contributed by atoms with Gasteiger partial charge in [0.15, 0.2) is 0 Å². The second-order valence-corrected chi connectivity index (χ2v) is 3.78. The number of terminal acetylenes is 1. The van der Waals surface area contributed by atoms with Gasteiger partial charge in [0.1, 0.15) is 0 Å². The zero-order valence-corrected chi connectivity index (χ0v) is 9.67. The van der Waals surface area contributed by atoms with Gasteiger partial charge in [-0.25, -0.2) is 0 Å². The fourth-order valence-electron chi connectivity index (χ4n) is 1.48. The Hall–Kier alpha value is -1.62. The fourth-order valence-corrected chi connectivity index (χ4v) is 1.48. The molecular formula is C13H18N2. The van der Waals surface area contributed by atoms with Crippen LogP contribution in [-0.4, -0.2) is 20.6 Å². The van der Waals surface area contributed by atoms with E-state index in [0.29, 0.717) is 0 Å².